The van der Waals surface area contributed by atoms with Crippen LogP contribution in [0.3, 0.4) is 0 Å². The molecule has 9 heteroatoms. The van der Waals surface area contributed by atoms with E-state index in [1.54, 1.807) is 4.90 Å². The van der Waals surface area contributed by atoms with Crippen LogP contribution < -0.4 is 11.1 Å². The van der Waals surface area contributed by atoms with Gasteiger partial charge in [0.1, 0.15) is 5.69 Å². The SMILES string of the molecule is Cl.Cl.NCCNC(=O)C1CCCN(C(=O)c2cnc3ccccc3n2)C1. The molecule has 0 bridgehead atoms. The highest BCUT2D eigenvalue weighted by atomic mass is 35.5. The van der Waals surface area contributed by atoms with Crippen molar-refractivity contribution < 1.29 is 9.59 Å². The molecule has 1 aromatic carbocycles. The lowest BCUT2D eigenvalue weighted by Gasteiger charge is -2.31. The molecule has 2 aromatic rings. The highest BCUT2D eigenvalue weighted by Crippen LogP contribution is 2.19. The number of fused-ring (bicyclic) bond motifs is 1. The largest absolute Gasteiger partial charge is 0.355 e. The lowest BCUT2D eigenvalue weighted by molar-refractivity contribution is -0.126. The minimum absolute atomic E-state index is 0. The number of para-hydroxylation sites is 2. The Balaban J connectivity index is 0.00000169. The zero-order valence-corrected chi connectivity index (χ0v) is 15.9. The van der Waals surface area contributed by atoms with Crippen molar-refractivity contribution in [3.05, 3.63) is 36.2 Å². The highest BCUT2D eigenvalue weighted by Gasteiger charge is 2.29. The second-order valence-electron chi connectivity index (χ2n) is 5.91. The minimum atomic E-state index is -0.192. The molecule has 7 nitrogen and oxygen atoms in total. The number of likely N-dealkylation sites (tertiary alicyclic amines) is 1. The third kappa shape index (κ3) is 5.03. The number of hydrogen-bond acceptors (Lipinski definition) is 5. The number of amides is 2. The van der Waals surface area contributed by atoms with Crippen LogP contribution in [0.2, 0.25) is 0 Å². The summed E-state index contributed by atoms with van der Waals surface area (Å²) < 4.78 is 0. The Bertz CT molecular complexity index is 759. The van der Waals surface area contributed by atoms with Crippen LogP contribution in [0.25, 0.3) is 11.0 Å². The Hall–Kier alpha value is -1.96. The molecule has 3 rings (SSSR count). The Morgan fingerprint density at radius 2 is 1.96 bits per heavy atom. The number of aromatic nitrogens is 2. The van der Waals surface area contributed by atoms with E-state index in [4.69, 9.17) is 5.73 Å². The summed E-state index contributed by atoms with van der Waals surface area (Å²) in [5, 5.41) is 2.80. The Morgan fingerprint density at radius 3 is 2.69 bits per heavy atom. The number of halogens is 2. The van der Waals surface area contributed by atoms with Crippen LogP contribution in [0.1, 0.15) is 23.3 Å². The van der Waals surface area contributed by atoms with Gasteiger partial charge in [0.05, 0.1) is 23.1 Å². The summed E-state index contributed by atoms with van der Waals surface area (Å²) in [6, 6.07) is 7.44. The molecule has 1 aliphatic rings. The fourth-order valence-corrected chi connectivity index (χ4v) is 2.94. The average Bonchev–Trinajstić information content (AvgIpc) is 2.65. The average molecular weight is 400 g/mol. The number of carbonyl (C=O) groups is 2. The molecule has 1 saturated heterocycles. The van der Waals surface area contributed by atoms with Gasteiger partial charge in [0, 0.05) is 26.2 Å². The number of piperidine rings is 1. The van der Waals surface area contributed by atoms with E-state index < -0.39 is 0 Å². The minimum Gasteiger partial charge on any atom is -0.355 e. The molecule has 3 N–H and O–H groups in total. The van der Waals surface area contributed by atoms with Gasteiger partial charge in [0.2, 0.25) is 5.91 Å². The fraction of sp³-hybridized carbons (Fsp3) is 0.412. The zero-order valence-electron chi connectivity index (χ0n) is 14.3. The van der Waals surface area contributed by atoms with E-state index in [2.05, 4.69) is 15.3 Å². The van der Waals surface area contributed by atoms with Crippen LogP contribution in [0.5, 0.6) is 0 Å². The third-order valence-corrected chi connectivity index (χ3v) is 4.19. The predicted molar refractivity (Wildman–Crippen MR) is 105 cm³/mol. The first-order valence-electron chi connectivity index (χ1n) is 8.18. The van der Waals surface area contributed by atoms with Crippen LogP contribution in [-0.4, -0.2) is 52.9 Å². The smallest absolute Gasteiger partial charge is 0.274 e. The molecule has 0 aliphatic carbocycles. The van der Waals surface area contributed by atoms with E-state index in [1.165, 1.54) is 6.20 Å². The van der Waals surface area contributed by atoms with Crippen molar-refractivity contribution in [3.63, 3.8) is 0 Å². The van der Waals surface area contributed by atoms with Crippen molar-refractivity contribution in [3.8, 4) is 0 Å². The molecule has 0 radical (unpaired) electrons. The molecule has 1 unspecified atom stereocenters. The number of benzene rings is 1. The molecule has 1 aliphatic heterocycles. The normalized spacial score (nSPS) is 16.3. The van der Waals surface area contributed by atoms with E-state index >= 15 is 0 Å². The molecule has 1 aromatic heterocycles. The Kier molecular flexibility index (Phi) is 8.71. The van der Waals surface area contributed by atoms with Crippen LogP contribution in [0.4, 0.5) is 0 Å². The first-order chi connectivity index (χ1) is 11.7. The van der Waals surface area contributed by atoms with Crippen molar-refractivity contribution in [2.75, 3.05) is 26.2 Å². The lowest BCUT2D eigenvalue weighted by Crippen LogP contribution is -2.46. The number of nitrogens with zero attached hydrogens (tertiary/aromatic N) is 3. The summed E-state index contributed by atoms with van der Waals surface area (Å²) >= 11 is 0. The maximum atomic E-state index is 12.7. The van der Waals surface area contributed by atoms with Gasteiger partial charge in [0.25, 0.3) is 5.91 Å². The van der Waals surface area contributed by atoms with Crippen LogP contribution in [0, 0.1) is 5.92 Å². The van der Waals surface area contributed by atoms with Gasteiger partial charge in [0.15, 0.2) is 0 Å². The standard InChI is InChI=1S/C17H21N5O2.2ClH/c18-7-8-19-16(23)12-4-3-9-22(11-12)17(24)15-10-20-13-5-1-2-6-14(13)21-15;;/h1-2,5-6,10,12H,3-4,7-9,11,18H2,(H,19,23);2*1H. The van der Waals surface area contributed by atoms with E-state index in [0.717, 1.165) is 18.4 Å². The topological polar surface area (TPSA) is 101 Å². The molecule has 0 spiro atoms. The summed E-state index contributed by atoms with van der Waals surface area (Å²) in [5.74, 6) is -0.408. The second kappa shape index (κ2) is 10.3. The van der Waals surface area contributed by atoms with Crippen molar-refractivity contribution in [2.45, 2.75) is 12.8 Å². The first-order valence-corrected chi connectivity index (χ1v) is 8.18. The van der Waals surface area contributed by atoms with Gasteiger partial charge in [-0.15, -0.1) is 24.8 Å². The molecule has 0 saturated carbocycles. The number of nitrogens with one attached hydrogen (secondary N) is 1. The molecule has 26 heavy (non-hydrogen) atoms. The highest BCUT2D eigenvalue weighted by molar-refractivity contribution is 5.94. The Morgan fingerprint density at radius 1 is 1.23 bits per heavy atom. The van der Waals surface area contributed by atoms with Crippen molar-refractivity contribution in [1.29, 1.82) is 0 Å². The van der Waals surface area contributed by atoms with E-state index in [1.807, 2.05) is 24.3 Å². The van der Waals surface area contributed by atoms with Crippen LogP contribution in [0.15, 0.2) is 30.5 Å². The maximum Gasteiger partial charge on any atom is 0.274 e. The van der Waals surface area contributed by atoms with Gasteiger partial charge in [-0.3, -0.25) is 14.6 Å². The molecular formula is C17H23Cl2N5O2. The summed E-state index contributed by atoms with van der Waals surface area (Å²) in [5.41, 5.74) is 7.17. The number of carbonyl (C=O) groups excluding carboxylic acids is 2. The van der Waals surface area contributed by atoms with E-state index in [-0.39, 0.29) is 42.5 Å². The van der Waals surface area contributed by atoms with Gasteiger partial charge in [-0.2, -0.15) is 0 Å². The van der Waals surface area contributed by atoms with Crippen LogP contribution >= 0.6 is 24.8 Å². The van der Waals surface area contributed by atoms with E-state index in [0.29, 0.717) is 37.4 Å². The third-order valence-electron chi connectivity index (χ3n) is 4.19. The molecule has 1 fully saturated rings. The zero-order chi connectivity index (χ0) is 16.9. The molecule has 1 atom stereocenters. The number of rotatable bonds is 4. The predicted octanol–water partition coefficient (Wildman–Crippen LogP) is 1.40. The summed E-state index contributed by atoms with van der Waals surface area (Å²) in [4.78, 5) is 35.2. The lowest BCUT2D eigenvalue weighted by atomic mass is 9.97. The number of nitrogens with two attached hydrogens (primary N) is 1. The van der Waals surface area contributed by atoms with Gasteiger partial charge in [-0.1, -0.05) is 12.1 Å². The van der Waals surface area contributed by atoms with E-state index in [9.17, 15) is 9.59 Å². The Labute approximate surface area is 164 Å². The van der Waals surface area contributed by atoms with Crippen molar-refractivity contribution in [2.24, 2.45) is 11.7 Å². The molecule has 2 amide bonds. The molecule has 2 heterocycles. The second-order valence-corrected chi connectivity index (χ2v) is 5.91. The van der Waals surface area contributed by atoms with Gasteiger partial charge >= 0.3 is 0 Å². The quantitative estimate of drug-likeness (QED) is 0.808. The van der Waals surface area contributed by atoms with Gasteiger partial charge in [-0.05, 0) is 25.0 Å². The van der Waals surface area contributed by atoms with Gasteiger partial charge in [-0.25, -0.2) is 4.98 Å². The van der Waals surface area contributed by atoms with Gasteiger partial charge < -0.3 is 16.0 Å². The summed E-state index contributed by atoms with van der Waals surface area (Å²) in [7, 11) is 0. The fourth-order valence-electron chi connectivity index (χ4n) is 2.94. The van der Waals surface area contributed by atoms with Crippen molar-refractivity contribution in [1.82, 2.24) is 20.2 Å². The number of hydrogen-bond donors (Lipinski definition) is 2. The monoisotopic (exact) mass is 399 g/mol. The summed E-state index contributed by atoms with van der Waals surface area (Å²) in [6.07, 6.45) is 3.08. The van der Waals surface area contributed by atoms with Crippen LogP contribution in [-0.2, 0) is 4.79 Å². The maximum absolute atomic E-state index is 12.7. The summed E-state index contributed by atoms with van der Waals surface area (Å²) in [6.45, 7) is 1.91. The molecule has 142 valence electrons. The van der Waals surface area contributed by atoms with Crippen molar-refractivity contribution >= 4 is 47.7 Å². The molecular weight excluding hydrogens is 377 g/mol. The first kappa shape index (κ1) is 22.1.